The summed E-state index contributed by atoms with van der Waals surface area (Å²) < 4.78 is 23.0. The van der Waals surface area contributed by atoms with Crippen LogP contribution < -0.4 is 5.32 Å². The van der Waals surface area contributed by atoms with Crippen molar-refractivity contribution in [1.82, 2.24) is 10.2 Å². The van der Waals surface area contributed by atoms with Crippen LogP contribution in [0.1, 0.15) is 20.3 Å². The van der Waals surface area contributed by atoms with Gasteiger partial charge >= 0.3 is 0 Å². The maximum atomic E-state index is 11.5. The highest BCUT2D eigenvalue weighted by molar-refractivity contribution is 7.91. The van der Waals surface area contributed by atoms with E-state index in [2.05, 4.69) is 24.1 Å². The molecule has 0 aromatic heterocycles. The number of rotatable bonds is 2. The molecule has 106 valence electrons. The van der Waals surface area contributed by atoms with E-state index in [1.54, 1.807) is 0 Å². The van der Waals surface area contributed by atoms with E-state index in [4.69, 9.17) is 0 Å². The second-order valence-electron chi connectivity index (χ2n) is 6.36. The summed E-state index contributed by atoms with van der Waals surface area (Å²) in [5.41, 5.74) is 0. The zero-order chi connectivity index (χ0) is 13.2. The van der Waals surface area contributed by atoms with Crippen LogP contribution in [0.5, 0.6) is 0 Å². The predicted octanol–water partition coefficient (Wildman–Crippen LogP) is 0.599. The van der Waals surface area contributed by atoms with Crippen molar-refractivity contribution in [3.8, 4) is 0 Å². The van der Waals surface area contributed by atoms with E-state index in [1.165, 1.54) is 0 Å². The average Bonchev–Trinajstić information content (AvgIpc) is 2.55. The first-order valence-corrected chi connectivity index (χ1v) is 8.90. The molecule has 2 fully saturated rings. The van der Waals surface area contributed by atoms with Crippen LogP contribution in [-0.4, -0.2) is 57.5 Å². The van der Waals surface area contributed by atoms with E-state index in [-0.39, 0.29) is 0 Å². The second-order valence-corrected chi connectivity index (χ2v) is 8.58. The van der Waals surface area contributed by atoms with Crippen molar-refractivity contribution < 1.29 is 8.42 Å². The van der Waals surface area contributed by atoms with E-state index >= 15 is 0 Å². The molecule has 0 bridgehead atoms. The van der Waals surface area contributed by atoms with Crippen LogP contribution in [0.4, 0.5) is 0 Å². The Labute approximate surface area is 111 Å². The number of nitrogens with one attached hydrogen (secondary N) is 1. The normalized spacial score (nSPS) is 38.2. The van der Waals surface area contributed by atoms with Gasteiger partial charge in [0.15, 0.2) is 9.84 Å². The molecule has 0 aromatic rings. The Kier molecular flexibility index (Phi) is 4.67. The summed E-state index contributed by atoms with van der Waals surface area (Å²) in [6.07, 6.45) is 0.861. The summed E-state index contributed by atoms with van der Waals surface area (Å²) in [6, 6.07) is 0. The summed E-state index contributed by atoms with van der Waals surface area (Å²) in [7, 11) is -2.73. The molecular formula is C13H26N2O2S. The van der Waals surface area contributed by atoms with Gasteiger partial charge in [-0.1, -0.05) is 13.8 Å². The van der Waals surface area contributed by atoms with Gasteiger partial charge in [0.25, 0.3) is 0 Å². The lowest BCUT2D eigenvalue weighted by Crippen LogP contribution is -2.44. The Hall–Kier alpha value is -0.130. The van der Waals surface area contributed by atoms with Crippen LogP contribution in [-0.2, 0) is 9.84 Å². The molecule has 1 N–H and O–H groups in total. The van der Waals surface area contributed by atoms with Gasteiger partial charge < -0.3 is 10.2 Å². The monoisotopic (exact) mass is 274 g/mol. The fourth-order valence-electron chi connectivity index (χ4n) is 3.19. The first-order chi connectivity index (χ1) is 8.44. The Balaban J connectivity index is 1.89. The van der Waals surface area contributed by atoms with Gasteiger partial charge in [0.2, 0.25) is 0 Å². The molecular weight excluding hydrogens is 248 g/mol. The minimum Gasteiger partial charge on any atom is -0.316 e. The van der Waals surface area contributed by atoms with Gasteiger partial charge in [-0.15, -0.1) is 0 Å². The summed E-state index contributed by atoms with van der Waals surface area (Å²) in [5, 5.41) is 3.49. The van der Waals surface area contributed by atoms with Crippen LogP contribution >= 0.6 is 0 Å². The third-order valence-electron chi connectivity index (χ3n) is 3.97. The lowest BCUT2D eigenvalue weighted by Gasteiger charge is -2.33. The molecule has 2 aliphatic heterocycles. The van der Waals surface area contributed by atoms with E-state index in [9.17, 15) is 8.42 Å². The highest BCUT2D eigenvalue weighted by Gasteiger charge is 2.30. The standard InChI is InChI=1S/C13H26N2O2S/c1-11-5-14-6-12(2)8-15(7-11)9-13-3-4-18(16,17)10-13/h11-14H,3-10H2,1-2H3. The fourth-order valence-corrected chi connectivity index (χ4v) is 5.04. The maximum absolute atomic E-state index is 11.5. The Morgan fingerprint density at radius 3 is 2.28 bits per heavy atom. The van der Waals surface area contributed by atoms with Gasteiger partial charge in [0, 0.05) is 19.6 Å². The predicted molar refractivity (Wildman–Crippen MR) is 74.4 cm³/mol. The molecule has 3 atom stereocenters. The molecule has 0 spiro atoms. The molecule has 0 radical (unpaired) electrons. The first kappa shape index (κ1) is 14.3. The minimum atomic E-state index is -2.73. The van der Waals surface area contributed by atoms with Crippen molar-refractivity contribution >= 4 is 9.84 Å². The summed E-state index contributed by atoms with van der Waals surface area (Å²) >= 11 is 0. The average molecular weight is 274 g/mol. The molecule has 5 heteroatoms. The topological polar surface area (TPSA) is 49.4 Å². The van der Waals surface area contributed by atoms with E-state index < -0.39 is 9.84 Å². The number of hydrogen-bond donors (Lipinski definition) is 1. The fraction of sp³-hybridized carbons (Fsp3) is 1.00. The molecule has 4 nitrogen and oxygen atoms in total. The zero-order valence-corrected chi connectivity index (χ0v) is 12.4. The Bertz CT molecular complexity index is 357. The van der Waals surface area contributed by atoms with E-state index in [1.807, 2.05) is 0 Å². The van der Waals surface area contributed by atoms with Crippen molar-refractivity contribution in [3.63, 3.8) is 0 Å². The summed E-state index contributed by atoms with van der Waals surface area (Å²) in [4.78, 5) is 2.49. The van der Waals surface area contributed by atoms with Crippen LogP contribution in [0, 0.1) is 17.8 Å². The minimum absolute atomic E-state index is 0.363. The lowest BCUT2D eigenvalue weighted by molar-refractivity contribution is 0.166. The Morgan fingerprint density at radius 2 is 1.78 bits per heavy atom. The van der Waals surface area contributed by atoms with Crippen molar-refractivity contribution in [3.05, 3.63) is 0 Å². The third-order valence-corrected chi connectivity index (χ3v) is 5.81. The lowest BCUT2D eigenvalue weighted by atomic mass is 10.0. The maximum Gasteiger partial charge on any atom is 0.150 e. The molecule has 2 heterocycles. The molecule has 18 heavy (non-hydrogen) atoms. The van der Waals surface area contributed by atoms with Gasteiger partial charge in [-0.25, -0.2) is 8.42 Å². The zero-order valence-electron chi connectivity index (χ0n) is 11.6. The quantitative estimate of drug-likeness (QED) is 0.801. The van der Waals surface area contributed by atoms with Crippen LogP contribution in [0.15, 0.2) is 0 Å². The third kappa shape index (κ3) is 4.21. The van der Waals surface area contributed by atoms with Gasteiger partial charge in [0.1, 0.15) is 0 Å². The van der Waals surface area contributed by atoms with E-state index in [0.29, 0.717) is 29.3 Å². The van der Waals surface area contributed by atoms with Gasteiger partial charge in [0.05, 0.1) is 11.5 Å². The SMILES string of the molecule is CC1CNCC(C)CN(CC2CCS(=O)(=O)C2)C1. The Morgan fingerprint density at radius 1 is 1.17 bits per heavy atom. The van der Waals surface area contributed by atoms with Crippen molar-refractivity contribution in [1.29, 1.82) is 0 Å². The van der Waals surface area contributed by atoms with Gasteiger partial charge in [-0.3, -0.25) is 0 Å². The smallest absolute Gasteiger partial charge is 0.150 e. The number of hydrogen-bond acceptors (Lipinski definition) is 4. The van der Waals surface area contributed by atoms with Gasteiger partial charge in [-0.2, -0.15) is 0 Å². The van der Waals surface area contributed by atoms with Crippen molar-refractivity contribution in [2.75, 3.05) is 44.2 Å². The van der Waals surface area contributed by atoms with E-state index in [0.717, 1.165) is 39.1 Å². The molecule has 2 rings (SSSR count). The van der Waals surface area contributed by atoms with Crippen LogP contribution in [0.2, 0.25) is 0 Å². The number of sulfone groups is 1. The second kappa shape index (κ2) is 5.88. The summed E-state index contributed by atoms with van der Waals surface area (Å²) in [6.45, 7) is 9.83. The van der Waals surface area contributed by atoms with Crippen molar-refractivity contribution in [2.24, 2.45) is 17.8 Å². The van der Waals surface area contributed by atoms with Crippen molar-refractivity contribution in [2.45, 2.75) is 20.3 Å². The molecule has 3 unspecified atom stereocenters. The molecule has 2 aliphatic rings. The van der Waals surface area contributed by atoms with Gasteiger partial charge in [-0.05, 0) is 37.3 Å². The highest BCUT2D eigenvalue weighted by atomic mass is 32.2. The highest BCUT2D eigenvalue weighted by Crippen LogP contribution is 2.21. The number of nitrogens with zero attached hydrogens (tertiary/aromatic N) is 1. The summed E-state index contributed by atoms with van der Waals surface area (Å²) in [5.74, 6) is 2.47. The molecule has 2 saturated heterocycles. The largest absolute Gasteiger partial charge is 0.316 e. The molecule has 0 aliphatic carbocycles. The van der Waals surface area contributed by atoms with Crippen LogP contribution in [0.3, 0.4) is 0 Å². The van der Waals surface area contributed by atoms with Crippen LogP contribution in [0.25, 0.3) is 0 Å². The first-order valence-electron chi connectivity index (χ1n) is 7.08. The molecule has 0 aromatic carbocycles. The molecule has 0 amide bonds. The molecule has 0 saturated carbocycles.